The molecule has 0 radical (unpaired) electrons. The molecule has 1 amide bonds. The Bertz CT molecular complexity index is 802. The summed E-state index contributed by atoms with van der Waals surface area (Å²) in [6, 6.07) is 0. The lowest BCUT2D eigenvalue weighted by Crippen LogP contribution is -2.69. The first kappa shape index (κ1) is 32.2. The van der Waals surface area contributed by atoms with Gasteiger partial charge in [0.1, 0.15) is 0 Å². The molecule has 5 nitrogen and oxygen atoms in total. The van der Waals surface area contributed by atoms with E-state index in [9.17, 15) is 79.4 Å². The van der Waals surface area contributed by atoms with Crippen LogP contribution in [0.1, 0.15) is 0 Å². The minimum absolute atomic E-state index is 0.260. The van der Waals surface area contributed by atoms with Crippen molar-refractivity contribution < 1.29 is 88.9 Å². The topological polar surface area (TPSA) is 42.0 Å². The van der Waals surface area contributed by atoms with E-state index in [1.807, 2.05) is 0 Å². The normalized spacial score (nSPS) is 21.2. The van der Waals surface area contributed by atoms with Crippen LogP contribution in [0.25, 0.3) is 0 Å². The summed E-state index contributed by atoms with van der Waals surface area (Å²) in [4.78, 5) is 12.9. The number of piperazine rings is 1. The van der Waals surface area contributed by atoms with Crippen molar-refractivity contribution in [2.24, 2.45) is 0 Å². The number of ether oxygens (including phenoxy) is 2. The van der Waals surface area contributed by atoms with Crippen molar-refractivity contribution in [2.75, 3.05) is 33.2 Å². The zero-order valence-corrected chi connectivity index (χ0v) is 16.9. The Hall–Kier alpha value is -1.84. The van der Waals surface area contributed by atoms with Crippen molar-refractivity contribution in [1.29, 1.82) is 0 Å². The van der Waals surface area contributed by atoms with Gasteiger partial charge in [0.15, 0.2) is 0 Å². The highest BCUT2D eigenvalue weighted by molar-refractivity contribution is 5.84. The number of carbonyl (C=O) groups excluding carboxylic acids is 1. The summed E-state index contributed by atoms with van der Waals surface area (Å²) in [5, 5.41) is 0. The third-order valence-corrected chi connectivity index (χ3v) is 4.43. The van der Waals surface area contributed by atoms with Crippen molar-refractivity contribution in [3.63, 3.8) is 0 Å². The average molecular weight is 578 g/mol. The summed E-state index contributed by atoms with van der Waals surface area (Å²) >= 11 is 0. The summed E-state index contributed by atoms with van der Waals surface area (Å²) < 4.78 is 226. The fourth-order valence-electron chi connectivity index (χ4n) is 2.37. The number of halogens is 17. The van der Waals surface area contributed by atoms with E-state index in [1.54, 1.807) is 0 Å². The Morgan fingerprint density at radius 3 is 1.33 bits per heavy atom. The molecule has 0 aliphatic carbocycles. The number of likely N-dealkylation sites (N-methyl/N-ethyl adjacent to an activating group) is 1. The van der Waals surface area contributed by atoms with E-state index in [1.165, 1.54) is 16.7 Å². The lowest BCUT2D eigenvalue weighted by atomic mass is 10.2. The molecule has 0 bridgehead atoms. The van der Waals surface area contributed by atoms with Gasteiger partial charge in [-0.25, -0.2) is 0 Å². The van der Waals surface area contributed by atoms with Gasteiger partial charge >= 0.3 is 48.4 Å². The molecule has 1 saturated heterocycles. The molecule has 22 heteroatoms. The smallest absolute Gasteiger partial charge is 0.335 e. The SMILES string of the molecule is CN1CCN(C(=O)[C@](F)(OC(F)(F)[C@](F)(OC(F)(F)C(F)(F)C(F)(F)F)C(F)(F)F)C(F)(F)F)CC1. The summed E-state index contributed by atoms with van der Waals surface area (Å²) in [6.07, 6.45) is -38.3. The minimum Gasteiger partial charge on any atom is -0.335 e. The minimum atomic E-state index is -8.01. The predicted molar refractivity (Wildman–Crippen MR) is 76.9 cm³/mol. The second-order valence-corrected chi connectivity index (χ2v) is 7.09. The molecule has 1 aliphatic heterocycles. The number of carbonyl (C=O) groups is 1. The van der Waals surface area contributed by atoms with E-state index in [0.29, 0.717) is 0 Å². The van der Waals surface area contributed by atoms with E-state index in [4.69, 9.17) is 0 Å². The van der Waals surface area contributed by atoms with Crippen LogP contribution in [0.3, 0.4) is 0 Å². The second kappa shape index (κ2) is 9.17. The van der Waals surface area contributed by atoms with Gasteiger partial charge in [0.2, 0.25) is 0 Å². The van der Waals surface area contributed by atoms with Crippen LogP contribution in [0.2, 0.25) is 0 Å². The van der Waals surface area contributed by atoms with Crippen LogP contribution in [0.4, 0.5) is 74.6 Å². The van der Waals surface area contributed by atoms with E-state index in [0.717, 1.165) is 0 Å². The number of nitrogens with zero attached hydrogens (tertiary/aromatic N) is 2. The average Bonchev–Trinajstić information content (AvgIpc) is 2.64. The molecule has 0 unspecified atom stereocenters. The molecule has 214 valence electrons. The van der Waals surface area contributed by atoms with Crippen LogP contribution in [-0.4, -0.2) is 97.3 Å². The lowest BCUT2D eigenvalue weighted by Gasteiger charge is -2.41. The van der Waals surface area contributed by atoms with Gasteiger partial charge in [-0.3, -0.25) is 14.3 Å². The Morgan fingerprint density at radius 2 is 1.00 bits per heavy atom. The van der Waals surface area contributed by atoms with Crippen LogP contribution in [0, 0.1) is 0 Å². The molecule has 0 aromatic heterocycles. The first-order valence-electron chi connectivity index (χ1n) is 8.67. The molecule has 0 aromatic carbocycles. The monoisotopic (exact) mass is 578 g/mol. The Balaban J connectivity index is 3.59. The van der Waals surface area contributed by atoms with Gasteiger partial charge in [0.25, 0.3) is 5.91 Å². The highest BCUT2D eigenvalue weighted by Crippen LogP contribution is 2.56. The predicted octanol–water partition coefficient (Wildman–Crippen LogP) is 4.63. The third kappa shape index (κ3) is 5.53. The largest absolute Gasteiger partial charge is 0.462 e. The van der Waals surface area contributed by atoms with Gasteiger partial charge in [-0.2, -0.15) is 74.6 Å². The molecule has 1 aliphatic rings. The number of rotatable bonds is 7. The molecule has 0 aromatic rings. The van der Waals surface area contributed by atoms with Gasteiger partial charge < -0.3 is 9.80 Å². The van der Waals surface area contributed by atoms with E-state index in [2.05, 4.69) is 4.74 Å². The zero-order chi connectivity index (χ0) is 29.0. The quantitative estimate of drug-likeness (QED) is 0.414. The standard InChI is InChI=1S/C14H11F17N2O3/c1-32-2-4-33(5-3-32)6(34)7(15,10(19,20)21)35-14(30,31)9(18,12(25,26)27)36-13(28,29)8(16,17)11(22,23)24/h2-5H2,1H3/t7-,9+/m0/s1. The van der Waals surface area contributed by atoms with Crippen LogP contribution >= 0.6 is 0 Å². The van der Waals surface area contributed by atoms with Gasteiger partial charge in [0, 0.05) is 26.2 Å². The molecule has 36 heavy (non-hydrogen) atoms. The fraction of sp³-hybridized carbons (Fsp3) is 0.929. The number of alkyl halides is 17. The Morgan fingerprint density at radius 1 is 0.583 bits per heavy atom. The van der Waals surface area contributed by atoms with Crippen molar-refractivity contribution in [1.82, 2.24) is 9.80 Å². The first-order chi connectivity index (χ1) is 15.6. The Kier molecular flexibility index (Phi) is 8.20. The van der Waals surface area contributed by atoms with E-state index < -0.39 is 67.4 Å². The fourth-order valence-corrected chi connectivity index (χ4v) is 2.37. The third-order valence-electron chi connectivity index (χ3n) is 4.43. The highest BCUT2D eigenvalue weighted by Gasteiger charge is 2.85. The maximum Gasteiger partial charge on any atom is 0.462 e. The molecular weight excluding hydrogens is 567 g/mol. The van der Waals surface area contributed by atoms with Crippen LogP contribution in [0.15, 0.2) is 0 Å². The van der Waals surface area contributed by atoms with Crippen LogP contribution < -0.4 is 0 Å². The van der Waals surface area contributed by atoms with Crippen molar-refractivity contribution >= 4 is 5.91 Å². The second-order valence-electron chi connectivity index (χ2n) is 7.09. The zero-order valence-electron chi connectivity index (χ0n) is 16.9. The molecule has 0 saturated carbocycles. The van der Waals surface area contributed by atoms with Crippen molar-refractivity contribution in [2.45, 2.75) is 48.4 Å². The number of hydrogen-bond donors (Lipinski definition) is 0. The highest BCUT2D eigenvalue weighted by atomic mass is 19.4. The molecule has 1 rings (SSSR count). The first-order valence-corrected chi connectivity index (χ1v) is 8.67. The summed E-state index contributed by atoms with van der Waals surface area (Å²) in [5.74, 6) is -25.8. The van der Waals surface area contributed by atoms with Gasteiger partial charge in [-0.05, 0) is 7.05 Å². The summed E-state index contributed by atoms with van der Waals surface area (Å²) in [6.45, 7) is -2.60. The Labute approximate surface area is 187 Å². The van der Waals surface area contributed by atoms with Crippen LogP contribution in [0.5, 0.6) is 0 Å². The molecule has 0 N–H and O–H groups in total. The van der Waals surface area contributed by atoms with Crippen molar-refractivity contribution in [3.8, 4) is 0 Å². The molecule has 1 heterocycles. The maximum atomic E-state index is 14.5. The van der Waals surface area contributed by atoms with E-state index in [-0.39, 0.29) is 18.0 Å². The molecule has 2 atom stereocenters. The molecule has 0 spiro atoms. The van der Waals surface area contributed by atoms with Gasteiger partial charge in [-0.15, -0.1) is 0 Å². The summed E-state index contributed by atoms with van der Waals surface area (Å²) in [5.41, 5.74) is 0. The van der Waals surface area contributed by atoms with Gasteiger partial charge in [-0.1, -0.05) is 0 Å². The molecular formula is C14H11F17N2O3. The van der Waals surface area contributed by atoms with Gasteiger partial charge in [0.05, 0.1) is 0 Å². The molecule has 1 fully saturated rings. The van der Waals surface area contributed by atoms with Crippen molar-refractivity contribution in [3.05, 3.63) is 0 Å². The number of hydrogen-bond acceptors (Lipinski definition) is 4. The van der Waals surface area contributed by atoms with Crippen LogP contribution in [-0.2, 0) is 14.3 Å². The lowest BCUT2D eigenvalue weighted by molar-refractivity contribution is -0.548. The maximum absolute atomic E-state index is 14.5. The van der Waals surface area contributed by atoms with E-state index >= 15 is 0 Å². The summed E-state index contributed by atoms with van der Waals surface area (Å²) in [7, 11) is 1.29. The number of amides is 1.